The zero-order valence-electron chi connectivity index (χ0n) is 4.16. The second-order valence-electron chi connectivity index (χ2n) is 0.826. The summed E-state index contributed by atoms with van der Waals surface area (Å²) in [7, 11) is 3.67. The van der Waals surface area contributed by atoms with Crippen LogP contribution >= 0.6 is 0 Å². The van der Waals surface area contributed by atoms with Gasteiger partial charge in [-0.3, -0.25) is 0 Å². The fourth-order valence-corrected chi connectivity index (χ4v) is 0. The normalized spacial score (nSPS) is 7.00. The van der Waals surface area contributed by atoms with Crippen LogP contribution in [0.5, 0.6) is 0 Å². The summed E-state index contributed by atoms with van der Waals surface area (Å²) in [6, 6.07) is 0. The molecule has 0 aliphatic rings. The van der Waals surface area contributed by atoms with Gasteiger partial charge in [0.2, 0.25) is 0 Å². The number of rotatable bonds is 0. The van der Waals surface area contributed by atoms with Crippen molar-refractivity contribution in [2.75, 3.05) is 14.1 Å². The molecule has 46 valence electrons. The number of carbonyl (C=O) groups excluding carboxylic acids is 1. The van der Waals surface area contributed by atoms with Crippen molar-refractivity contribution in [3.05, 3.63) is 0 Å². The van der Waals surface area contributed by atoms with Crippen LogP contribution in [0.2, 0.25) is 0 Å². The number of hydrogen-bond donors (Lipinski definition) is 0. The van der Waals surface area contributed by atoms with Crippen LogP contribution in [0.25, 0.3) is 0 Å². The van der Waals surface area contributed by atoms with E-state index in [1.807, 2.05) is 14.1 Å². The molecule has 0 unspecified atom stereocenters. The van der Waals surface area contributed by atoms with Crippen LogP contribution in [-0.2, 0) is 20.5 Å². The standard InChI is InChI=1S/C2H6N.CH2O2.Ni/c1-3-2;2-1-3;/h1-2H3;1H,(H,2,3);/q-1;;+2/p-1. The molecule has 4 heteroatoms. The van der Waals surface area contributed by atoms with Crippen LogP contribution in [0.3, 0.4) is 0 Å². The molecular weight excluding hydrogens is 141 g/mol. The van der Waals surface area contributed by atoms with Gasteiger partial charge in [-0.25, -0.2) is 0 Å². The largest absolute Gasteiger partial charge is 0.554 e. The first-order chi connectivity index (χ1) is 3.15. The minimum atomic E-state index is -0.500. The van der Waals surface area contributed by atoms with Crippen molar-refractivity contribution < 1.29 is 25.6 Å². The molecule has 0 aliphatic carbocycles. The van der Waals surface area contributed by atoms with Gasteiger partial charge in [-0.1, -0.05) is 0 Å². The third kappa shape index (κ3) is 15600. The Labute approximate surface area is 50.9 Å². The van der Waals surface area contributed by atoms with Crippen molar-refractivity contribution in [2.45, 2.75) is 0 Å². The molecule has 0 fully saturated rings. The summed E-state index contributed by atoms with van der Waals surface area (Å²) in [4.78, 5) is 8.25. The van der Waals surface area contributed by atoms with E-state index in [1.54, 1.807) is 3.98 Å². The summed E-state index contributed by atoms with van der Waals surface area (Å²) in [6.07, 6.45) is 0. The van der Waals surface area contributed by atoms with Crippen LogP contribution in [0.15, 0.2) is 0 Å². The van der Waals surface area contributed by atoms with Crippen LogP contribution in [0.1, 0.15) is 0 Å². The molecule has 3 nitrogen and oxygen atoms in total. The summed E-state index contributed by atoms with van der Waals surface area (Å²) in [5.41, 5.74) is 0. The van der Waals surface area contributed by atoms with Gasteiger partial charge in [-0.2, -0.15) is 0 Å². The predicted octanol–water partition coefficient (Wildman–Crippen LogP) is -1.62. The minimum absolute atomic E-state index is 0.500. The van der Waals surface area contributed by atoms with E-state index in [2.05, 4.69) is 15.7 Å². The molecule has 0 bridgehead atoms. The molecule has 0 amide bonds. The first-order valence-corrected chi connectivity index (χ1v) is 1.95. The smallest absolute Gasteiger partial charge is 0.0275 e. The van der Waals surface area contributed by atoms with E-state index in [4.69, 9.17) is 9.90 Å². The van der Waals surface area contributed by atoms with E-state index in [-0.39, 0.29) is 0 Å². The Balaban J connectivity index is 0. The van der Waals surface area contributed by atoms with Crippen LogP contribution in [0.4, 0.5) is 0 Å². The molecule has 0 heterocycles. The van der Waals surface area contributed by atoms with Crippen LogP contribution in [-0.4, -0.2) is 24.5 Å². The van der Waals surface area contributed by atoms with Crippen molar-refractivity contribution in [1.82, 2.24) is 3.98 Å². The molecule has 0 saturated heterocycles. The molecule has 0 rings (SSSR count). The average molecular weight is 148 g/mol. The van der Waals surface area contributed by atoms with E-state index < -0.39 is 6.47 Å². The molecule has 0 spiro atoms. The van der Waals surface area contributed by atoms with Gasteiger partial charge in [0.1, 0.15) is 0 Å². The summed E-state index contributed by atoms with van der Waals surface area (Å²) in [5.74, 6) is 0. The van der Waals surface area contributed by atoms with Gasteiger partial charge < -0.3 is 9.90 Å². The summed E-state index contributed by atoms with van der Waals surface area (Å²) >= 11 is 4.21. The molecule has 0 aromatic rings. The molecular formula is C3H7NNiO2. The zero-order valence-corrected chi connectivity index (χ0v) is 5.14. The Morgan fingerprint density at radius 1 is 1.71 bits per heavy atom. The minimum Gasteiger partial charge on any atom is -0.554 e. The summed E-state index contributed by atoms with van der Waals surface area (Å²) < 4.78 is 1.62. The molecule has 0 radical (unpaired) electrons. The maximum absolute atomic E-state index is 8.25. The van der Waals surface area contributed by atoms with Gasteiger partial charge >= 0.3 is 33.8 Å². The first-order valence-electron chi connectivity index (χ1n) is 1.51. The van der Waals surface area contributed by atoms with Crippen molar-refractivity contribution >= 4 is 6.47 Å². The van der Waals surface area contributed by atoms with Crippen molar-refractivity contribution in [1.29, 1.82) is 0 Å². The molecule has 0 aromatic carbocycles. The fourth-order valence-electron chi connectivity index (χ4n) is 0. The molecule has 7 heavy (non-hydrogen) atoms. The average Bonchev–Trinajstić information content (AvgIpc) is 1.33. The second-order valence-corrected chi connectivity index (χ2v) is 1.71. The fraction of sp³-hybridized carbons (Fsp3) is 0.667. The van der Waals surface area contributed by atoms with Gasteiger partial charge in [0, 0.05) is 6.47 Å². The SMILES string of the molecule is C[N](C)[Ni+].O=C[O-]. The zero-order chi connectivity index (χ0) is 6.28. The maximum atomic E-state index is 8.25. The number of hydrogen-bond acceptors (Lipinski definition) is 3. The molecule has 0 aromatic heterocycles. The number of carbonyl (C=O) groups is 1. The topological polar surface area (TPSA) is 43.4 Å². The van der Waals surface area contributed by atoms with E-state index in [9.17, 15) is 0 Å². The number of nitrogens with zero attached hydrogens (tertiary/aromatic N) is 1. The molecule has 0 saturated carbocycles. The van der Waals surface area contributed by atoms with E-state index >= 15 is 0 Å². The maximum Gasteiger partial charge on any atom is 0.0275 e. The summed E-state index contributed by atoms with van der Waals surface area (Å²) in [6.45, 7) is -0.500. The van der Waals surface area contributed by atoms with Crippen LogP contribution < -0.4 is 5.11 Å². The Bertz CT molecular complexity index is 37.2. The summed E-state index contributed by atoms with van der Waals surface area (Å²) in [5, 5.41) is 8.25. The Hall–Kier alpha value is -0.0765. The van der Waals surface area contributed by atoms with E-state index in [0.717, 1.165) is 0 Å². The Morgan fingerprint density at radius 2 is 1.71 bits per heavy atom. The van der Waals surface area contributed by atoms with Crippen LogP contribution in [0, 0.1) is 0 Å². The van der Waals surface area contributed by atoms with Crippen molar-refractivity contribution in [3.8, 4) is 0 Å². The Kier molecular flexibility index (Phi) is 13.4. The van der Waals surface area contributed by atoms with Gasteiger partial charge in [0.05, 0.1) is 0 Å². The second kappa shape index (κ2) is 9.33. The van der Waals surface area contributed by atoms with Crippen molar-refractivity contribution in [3.63, 3.8) is 0 Å². The monoisotopic (exact) mass is 147 g/mol. The predicted molar refractivity (Wildman–Crippen MR) is 19.8 cm³/mol. The van der Waals surface area contributed by atoms with E-state index in [0.29, 0.717) is 0 Å². The van der Waals surface area contributed by atoms with Gasteiger partial charge in [-0.15, -0.1) is 0 Å². The van der Waals surface area contributed by atoms with E-state index in [1.165, 1.54) is 0 Å². The van der Waals surface area contributed by atoms with Gasteiger partial charge in [0.25, 0.3) is 0 Å². The molecule has 0 N–H and O–H groups in total. The van der Waals surface area contributed by atoms with Crippen molar-refractivity contribution in [2.24, 2.45) is 0 Å². The number of carboxylic acid groups (broad SMARTS) is 1. The third-order valence-corrected chi connectivity index (χ3v) is 0. The quantitative estimate of drug-likeness (QED) is 0.306. The third-order valence-electron chi connectivity index (χ3n) is 0. The molecule has 0 aliphatic heterocycles. The van der Waals surface area contributed by atoms with Gasteiger partial charge in [0.15, 0.2) is 0 Å². The first kappa shape index (κ1) is 10.0. The van der Waals surface area contributed by atoms with Gasteiger partial charge in [-0.05, 0) is 0 Å². The Morgan fingerprint density at radius 3 is 1.71 bits per heavy atom. The molecule has 0 atom stereocenters.